The second kappa shape index (κ2) is 6.44. The minimum Gasteiger partial charge on any atom is -0.381 e. The molecule has 1 aliphatic rings. The molecule has 1 saturated heterocycles. The summed E-state index contributed by atoms with van der Waals surface area (Å²) in [5, 5.41) is 0. The fourth-order valence-electron chi connectivity index (χ4n) is 0.510. The summed E-state index contributed by atoms with van der Waals surface area (Å²) in [6.45, 7) is 2.00. The summed E-state index contributed by atoms with van der Waals surface area (Å²) in [5.74, 6) is 1.81. The molecule has 0 N–H and O–H groups in total. The molecule has 0 radical (unpaired) electrons. The Morgan fingerprint density at radius 3 is 1.71 bits per heavy atom. The summed E-state index contributed by atoms with van der Waals surface area (Å²) < 4.78 is 4.94. The van der Waals surface area contributed by atoms with Gasteiger partial charge in [0.05, 0.1) is 0 Å². The first-order valence-corrected chi connectivity index (χ1v) is 4.04. The Balaban J connectivity index is 0.000000162. The largest absolute Gasteiger partial charge is 0.381 e. The molecule has 1 rings (SSSR count). The topological polar surface area (TPSA) is 9.23 Å². The van der Waals surface area contributed by atoms with E-state index < -0.39 is 0 Å². The van der Waals surface area contributed by atoms with Crippen LogP contribution >= 0.6 is 15.9 Å². The van der Waals surface area contributed by atoms with E-state index in [0.717, 1.165) is 13.2 Å². The SMILES string of the molecule is C1CCOC1.CBr. The van der Waals surface area contributed by atoms with Gasteiger partial charge in [0.2, 0.25) is 0 Å². The maximum Gasteiger partial charge on any atom is 0.0466 e. The van der Waals surface area contributed by atoms with E-state index in [9.17, 15) is 0 Å². The Bertz CT molecular complexity index is 19.7. The van der Waals surface area contributed by atoms with E-state index in [1.54, 1.807) is 0 Å². The molecule has 0 atom stereocenters. The van der Waals surface area contributed by atoms with Gasteiger partial charge in [-0.05, 0) is 18.7 Å². The van der Waals surface area contributed by atoms with Crippen LogP contribution in [-0.4, -0.2) is 19.0 Å². The highest BCUT2D eigenvalue weighted by Gasteiger charge is 1.94. The Kier molecular flexibility index (Phi) is 6.84. The lowest BCUT2D eigenvalue weighted by Crippen LogP contribution is -1.74. The van der Waals surface area contributed by atoms with Crippen molar-refractivity contribution < 1.29 is 4.74 Å². The van der Waals surface area contributed by atoms with E-state index in [1.807, 2.05) is 5.83 Å². The summed E-state index contributed by atoms with van der Waals surface area (Å²) in [4.78, 5) is 0. The molecule has 0 aromatic rings. The lowest BCUT2D eigenvalue weighted by molar-refractivity contribution is 0.198. The van der Waals surface area contributed by atoms with E-state index in [0.29, 0.717) is 0 Å². The lowest BCUT2D eigenvalue weighted by Gasteiger charge is -1.76. The van der Waals surface area contributed by atoms with Crippen LogP contribution in [0.25, 0.3) is 0 Å². The van der Waals surface area contributed by atoms with Crippen molar-refractivity contribution in [3.63, 3.8) is 0 Å². The quantitative estimate of drug-likeness (QED) is 0.500. The van der Waals surface area contributed by atoms with Crippen LogP contribution in [0.4, 0.5) is 0 Å². The van der Waals surface area contributed by atoms with Gasteiger partial charge in [0.1, 0.15) is 0 Å². The molecule has 0 bridgehead atoms. The van der Waals surface area contributed by atoms with Gasteiger partial charge in [-0.25, -0.2) is 0 Å². The van der Waals surface area contributed by atoms with Crippen LogP contribution in [0.15, 0.2) is 0 Å². The average molecular weight is 167 g/mol. The van der Waals surface area contributed by atoms with E-state index in [2.05, 4.69) is 15.9 Å². The zero-order valence-corrected chi connectivity index (χ0v) is 6.20. The number of alkyl halides is 1. The molecule has 1 aliphatic heterocycles. The Morgan fingerprint density at radius 2 is 1.57 bits per heavy atom. The third kappa shape index (κ3) is 4.29. The van der Waals surface area contributed by atoms with Crippen LogP contribution in [-0.2, 0) is 4.74 Å². The fourth-order valence-corrected chi connectivity index (χ4v) is 0.510. The van der Waals surface area contributed by atoms with Crippen LogP contribution in [0.3, 0.4) is 0 Å². The Morgan fingerprint density at radius 1 is 1.14 bits per heavy atom. The zero-order chi connectivity index (χ0) is 5.54. The van der Waals surface area contributed by atoms with Crippen LogP contribution in [0.1, 0.15) is 12.8 Å². The second-order valence-corrected chi connectivity index (χ2v) is 1.32. The van der Waals surface area contributed by atoms with Gasteiger partial charge in [-0.15, -0.1) is 0 Å². The monoisotopic (exact) mass is 166 g/mol. The highest BCUT2D eigenvalue weighted by atomic mass is 79.9. The van der Waals surface area contributed by atoms with E-state index in [4.69, 9.17) is 4.74 Å². The first-order valence-electron chi connectivity index (χ1n) is 2.46. The molecule has 1 fully saturated rings. The van der Waals surface area contributed by atoms with Gasteiger partial charge < -0.3 is 4.74 Å². The van der Waals surface area contributed by atoms with Gasteiger partial charge in [0.15, 0.2) is 0 Å². The van der Waals surface area contributed by atoms with Gasteiger partial charge in [-0.3, -0.25) is 0 Å². The molecule has 44 valence electrons. The van der Waals surface area contributed by atoms with Gasteiger partial charge in [-0.2, -0.15) is 0 Å². The summed E-state index contributed by atoms with van der Waals surface area (Å²) in [6, 6.07) is 0. The second-order valence-electron chi connectivity index (χ2n) is 1.32. The normalized spacial score (nSPS) is 18.0. The van der Waals surface area contributed by atoms with Crippen molar-refractivity contribution >= 4 is 15.9 Å². The maximum atomic E-state index is 4.94. The summed E-state index contributed by atoms with van der Waals surface area (Å²) >= 11 is 2.94. The van der Waals surface area contributed by atoms with Gasteiger partial charge in [-0.1, -0.05) is 15.9 Å². The summed E-state index contributed by atoms with van der Waals surface area (Å²) in [6.07, 6.45) is 2.56. The van der Waals surface area contributed by atoms with E-state index in [1.165, 1.54) is 12.8 Å². The van der Waals surface area contributed by atoms with E-state index in [-0.39, 0.29) is 0 Å². The number of hydrogen-bond acceptors (Lipinski definition) is 1. The van der Waals surface area contributed by atoms with Crippen molar-refractivity contribution in [3.8, 4) is 0 Å². The molecule has 0 aromatic carbocycles. The smallest absolute Gasteiger partial charge is 0.0466 e. The third-order valence-electron chi connectivity index (χ3n) is 0.827. The summed E-state index contributed by atoms with van der Waals surface area (Å²) in [5.41, 5.74) is 0. The highest BCUT2D eigenvalue weighted by molar-refractivity contribution is 9.08. The molecule has 0 aromatic heterocycles. The zero-order valence-electron chi connectivity index (χ0n) is 4.61. The molecular weight excluding hydrogens is 156 g/mol. The molecule has 1 nitrogen and oxygen atoms in total. The molecule has 0 saturated carbocycles. The highest BCUT2D eigenvalue weighted by Crippen LogP contribution is 1.98. The third-order valence-corrected chi connectivity index (χ3v) is 0.827. The van der Waals surface area contributed by atoms with Crippen LogP contribution < -0.4 is 0 Å². The first kappa shape index (κ1) is 7.44. The van der Waals surface area contributed by atoms with Crippen molar-refractivity contribution in [2.45, 2.75) is 12.8 Å². The van der Waals surface area contributed by atoms with Crippen molar-refractivity contribution in [2.24, 2.45) is 0 Å². The Hall–Kier alpha value is 0.440. The van der Waals surface area contributed by atoms with Gasteiger partial charge in [0.25, 0.3) is 0 Å². The molecule has 0 spiro atoms. The maximum absolute atomic E-state index is 4.94. The molecule has 7 heavy (non-hydrogen) atoms. The molecule has 0 unspecified atom stereocenters. The first-order chi connectivity index (χ1) is 3.50. The predicted octanol–water partition coefficient (Wildman–Crippen LogP) is 1.81. The van der Waals surface area contributed by atoms with Crippen molar-refractivity contribution in [1.82, 2.24) is 0 Å². The molecule has 1 heterocycles. The minimum atomic E-state index is 1.00. The molecule has 0 aliphatic carbocycles. The minimum absolute atomic E-state index is 1.00. The van der Waals surface area contributed by atoms with Crippen LogP contribution in [0.5, 0.6) is 0 Å². The lowest BCUT2D eigenvalue weighted by atomic mass is 10.4. The van der Waals surface area contributed by atoms with Crippen molar-refractivity contribution in [2.75, 3.05) is 19.0 Å². The predicted molar refractivity (Wildman–Crippen MR) is 34.9 cm³/mol. The molecule has 0 amide bonds. The fraction of sp³-hybridized carbons (Fsp3) is 1.00. The van der Waals surface area contributed by atoms with Gasteiger partial charge >= 0.3 is 0 Å². The number of ether oxygens (including phenoxy) is 1. The average Bonchev–Trinajstić information content (AvgIpc) is 2.23. The van der Waals surface area contributed by atoms with Crippen molar-refractivity contribution in [1.29, 1.82) is 0 Å². The van der Waals surface area contributed by atoms with Crippen molar-refractivity contribution in [3.05, 3.63) is 0 Å². The van der Waals surface area contributed by atoms with Gasteiger partial charge in [0, 0.05) is 13.2 Å². The number of halogens is 1. The van der Waals surface area contributed by atoms with E-state index >= 15 is 0 Å². The molecule has 2 heteroatoms. The Labute approximate surface area is 53.2 Å². The van der Waals surface area contributed by atoms with Crippen LogP contribution in [0, 0.1) is 0 Å². The van der Waals surface area contributed by atoms with Crippen LogP contribution in [0.2, 0.25) is 0 Å². The summed E-state index contributed by atoms with van der Waals surface area (Å²) in [7, 11) is 0. The number of hydrogen-bond donors (Lipinski definition) is 0. The standard InChI is InChI=1S/C4H8O.CH3Br/c1-2-4-5-3-1;1-2/h1-4H2;1H3. The molecular formula is C5H11BrO. The number of rotatable bonds is 0.